The number of anilines is 1. The third-order valence-corrected chi connectivity index (χ3v) is 5.89. The number of nitrogens with zero attached hydrogens (tertiary/aromatic N) is 1. The molecule has 0 aromatic heterocycles. The van der Waals surface area contributed by atoms with Gasteiger partial charge in [0.15, 0.2) is 0 Å². The normalized spacial score (nSPS) is 17.4. The monoisotopic (exact) mass is 463 g/mol. The standard InChI is InChI=1S/C26H22ClNO5/c1-3-33-21-14-16(12-13-18(21)27)24(30)22-23(17-9-5-4-8-15(17)2)28(26(32)25(22)31)19-10-6-7-11-20(19)29/h4-14,23,29-30H,3H2,1-2H3/b24-22+. The number of para-hydroxylation sites is 2. The summed E-state index contributed by atoms with van der Waals surface area (Å²) in [5.74, 6) is -1.84. The van der Waals surface area contributed by atoms with Gasteiger partial charge in [0.25, 0.3) is 11.7 Å². The number of hydrogen-bond acceptors (Lipinski definition) is 5. The SMILES string of the molecule is CCOc1cc(/C(O)=C2\C(=O)C(=O)N(c3ccccc3O)C2c2ccccc2C)ccc1Cl. The highest BCUT2D eigenvalue weighted by Crippen LogP contribution is 2.45. The third kappa shape index (κ3) is 3.94. The van der Waals surface area contributed by atoms with Gasteiger partial charge in [0.2, 0.25) is 0 Å². The number of carbonyl (C=O) groups is 2. The maximum Gasteiger partial charge on any atom is 0.300 e. The summed E-state index contributed by atoms with van der Waals surface area (Å²) in [6, 6.07) is 17.3. The second-order valence-corrected chi connectivity index (χ2v) is 8.00. The van der Waals surface area contributed by atoms with Gasteiger partial charge in [-0.2, -0.15) is 0 Å². The number of aliphatic hydroxyl groups is 1. The molecule has 1 amide bonds. The van der Waals surface area contributed by atoms with Crippen molar-refractivity contribution in [1.29, 1.82) is 0 Å². The molecule has 7 heteroatoms. The van der Waals surface area contributed by atoms with E-state index in [2.05, 4.69) is 0 Å². The lowest BCUT2D eigenvalue weighted by atomic mass is 9.92. The number of rotatable bonds is 5. The van der Waals surface area contributed by atoms with Crippen molar-refractivity contribution in [3.05, 3.63) is 94.0 Å². The molecule has 168 valence electrons. The molecule has 0 aliphatic carbocycles. The summed E-state index contributed by atoms with van der Waals surface area (Å²) in [4.78, 5) is 27.7. The molecule has 1 unspecified atom stereocenters. The molecular formula is C26H22ClNO5. The molecule has 3 aromatic carbocycles. The number of aromatic hydroxyl groups is 1. The Morgan fingerprint density at radius 3 is 2.45 bits per heavy atom. The fraction of sp³-hybridized carbons (Fsp3) is 0.154. The van der Waals surface area contributed by atoms with Crippen LogP contribution in [0.5, 0.6) is 11.5 Å². The minimum Gasteiger partial charge on any atom is -0.507 e. The number of aryl methyl sites for hydroxylation is 1. The van der Waals surface area contributed by atoms with E-state index in [1.807, 2.05) is 19.1 Å². The van der Waals surface area contributed by atoms with Crippen molar-refractivity contribution in [2.75, 3.05) is 11.5 Å². The van der Waals surface area contributed by atoms with Crippen LogP contribution >= 0.6 is 11.6 Å². The van der Waals surface area contributed by atoms with Crippen molar-refractivity contribution in [2.24, 2.45) is 0 Å². The molecule has 1 aliphatic rings. The Kier molecular flexibility index (Phi) is 6.11. The van der Waals surface area contributed by atoms with Crippen LogP contribution in [0.3, 0.4) is 0 Å². The molecule has 0 spiro atoms. The van der Waals surface area contributed by atoms with Crippen LogP contribution in [0, 0.1) is 6.92 Å². The van der Waals surface area contributed by atoms with Crippen molar-refractivity contribution in [2.45, 2.75) is 19.9 Å². The van der Waals surface area contributed by atoms with E-state index in [1.165, 1.54) is 17.0 Å². The third-order valence-electron chi connectivity index (χ3n) is 5.57. The van der Waals surface area contributed by atoms with E-state index in [4.69, 9.17) is 16.3 Å². The first-order valence-corrected chi connectivity index (χ1v) is 10.8. The van der Waals surface area contributed by atoms with E-state index >= 15 is 0 Å². The van der Waals surface area contributed by atoms with Crippen LogP contribution in [-0.4, -0.2) is 28.5 Å². The highest BCUT2D eigenvalue weighted by molar-refractivity contribution is 6.52. The summed E-state index contributed by atoms with van der Waals surface area (Å²) in [5.41, 5.74) is 1.86. The van der Waals surface area contributed by atoms with E-state index in [1.54, 1.807) is 49.4 Å². The lowest BCUT2D eigenvalue weighted by molar-refractivity contribution is -0.132. The first-order valence-electron chi connectivity index (χ1n) is 10.4. The Hall–Kier alpha value is -3.77. The van der Waals surface area contributed by atoms with Crippen LogP contribution in [0.1, 0.15) is 29.7 Å². The number of amides is 1. The molecule has 1 aliphatic heterocycles. The quantitative estimate of drug-likeness (QED) is 0.301. The number of Topliss-reactive ketones (excluding diaryl/α,β-unsaturated/α-hetero) is 1. The van der Waals surface area contributed by atoms with Crippen LogP contribution < -0.4 is 9.64 Å². The van der Waals surface area contributed by atoms with Crippen LogP contribution in [0.4, 0.5) is 5.69 Å². The number of ketones is 1. The minimum absolute atomic E-state index is 0.0812. The Morgan fingerprint density at radius 2 is 1.76 bits per heavy atom. The Morgan fingerprint density at radius 1 is 1.06 bits per heavy atom. The van der Waals surface area contributed by atoms with E-state index in [0.29, 0.717) is 22.9 Å². The molecule has 1 heterocycles. The Balaban J connectivity index is 1.97. The van der Waals surface area contributed by atoms with E-state index < -0.39 is 17.7 Å². The summed E-state index contributed by atoms with van der Waals surface area (Å²) < 4.78 is 5.51. The lowest BCUT2D eigenvalue weighted by Gasteiger charge is -2.27. The zero-order valence-electron chi connectivity index (χ0n) is 18.1. The number of phenols is 1. The maximum atomic E-state index is 13.2. The number of aliphatic hydroxyl groups excluding tert-OH is 1. The summed E-state index contributed by atoms with van der Waals surface area (Å²) >= 11 is 6.18. The number of hydrogen-bond donors (Lipinski definition) is 2. The lowest BCUT2D eigenvalue weighted by Crippen LogP contribution is -2.29. The fourth-order valence-corrected chi connectivity index (χ4v) is 4.18. The summed E-state index contributed by atoms with van der Waals surface area (Å²) in [7, 11) is 0. The molecular weight excluding hydrogens is 442 g/mol. The zero-order valence-corrected chi connectivity index (χ0v) is 18.8. The predicted molar refractivity (Wildman–Crippen MR) is 127 cm³/mol. The average molecular weight is 464 g/mol. The molecule has 3 aromatic rings. The predicted octanol–water partition coefficient (Wildman–Crippen LogP) is 5.38. The van der Waals surface area contributed by atoms with Gasteiger partial charge in [-0.3, -0.25) is 14.5 Å². The molecule has 1 fully saturated rings. The molecule has 0 radical (unpaired) electrons. The number of ether oxygens (including phenoxy) is 1. The zero-order chi connectivity index (χ0) is 23.7. The minimum atomic E-state index is -0.939. The summed E-state index contributed by atoms with van der Waals surface area (Å²) in [5, 5.41) is 22.1. The molecule has 2 N–H and O–H groups in total. The van der Waals surface area contributed by atoms with Crippen molar-refractivity contribution < 1.29 is 24.5 Å². The first-order chi connectivity index (χ1) is 15.8. The van der Waals surface area contributed by atoms with E-state index in [0.717, 1.165) is 5.56 Å². The molecule has 0 bridgehead atoms. The van der Waals surface area contributed by atoms with Gasteiger partial charge in [-0.15, -0.1) is 0 Å². The topological polar surface area (TPSA) is 87.1 Å². The molecule has 33 heavy (non-hydrogen) atoms. The van der Waals surface area contributed by atoms with Gasteiger partial charge in [-0.25, -0.2) is 0 Å². The van der Waals surface area contributed by atoms with E-state index in [9.17, 15) is 19.8 Å². The van der Waals surface area contributed by atoms with Gasteiger partial charge in [0.05, 0.1) is 28.9 Å². The molecule has 1 saturated heterocycles. The van der Waals surface area contributed by atoms with Crippen molar-refractivity contribution in [1.82, 2.24) is 0 Å². The second kappa shape index (κ2) is 9.00. The van der Waals surface area contributed by atoms with Gasteiger partial charge >= 0.3 is 0 Å². The smallest absolute Gasteiger partial charge is 0.300 e. The highest BCUT2D eigenvalue weighted by atomic mass is 35.5. The summed E-state index contributed by atoms with van der Waals surface area (Å²) in [6.07, 6.45) is 0. The van der Waals surface area contributed by atoms with Crippen molar-refractivity contribution in [3.8, 4) is 11.5 Å². The van der Waals surface area contributed by atoms with Gasteiger partial charge < -0.3 is 14.9 Å². The van der Waals surface area contributed by atoms with Crippen LogP contribution in [0.2, 0.25) is 5.02 Å². The number of halogens is 1. The highest BCUT2D eigenvalue weighted by Gasteiger charge is 2.48. The number of carbonyl (C=O) groups excluding carboxylic acids is 2. The van der Waals surface area contributed by atoms with E-state index in [-0.39, 0.29) is 28.3 Å². The first kappa shape index (κ1) is 22.4. The summed E-state index contributed by atoms with van der Waals surface area (Å²) in [6.45, 7) is 4.03. The van der Waals surface area contributed by atoms with Gasteiger partial charge in [-0.1, -0.05) is 48.0 Å². The van der Waals surface area contributed by atoms with Gasteiger partial charge in [-0.05, 0) is 55.3 Å². The Bertz CT molecular complexity index is 1280. The van der Waals surface area contributed by atoms with Crippen LogP contribution in [-0.2, 0) is 9.59 Å². The van der Waals surface area contributed by atoms with Crippen LogP contribution in [0.25, 0.3) is 5.76 Å². The van der Waals surface area contributed by atoms with Crippen molar-refractivity contribution >= 4 is 34.7 Å². The molecule has 1 atom stereocenters. The Labute approximate surface area is 196 Å². The number of benzene rings is 3. The molecule has 4 rings (SSSR count). The number of phenolic OH excluding ortho intramolecular Hbond substituents is 1. The average Bonchev–Trinajstić information content (AvgIpc) is 3.06. The maximum absolute atomic E-state index is 13.2. The second-order valence-electron chi connectivity index (χ2n) is 7.59. The molecule has 0 saturated carbocycles. The van der Waals surface area contributed by atoms with Crippen LogP contribution in [0.15, 0.2) is 72.3 Å². The van der Waals surface area contributed by atoms with Gasteiger partial charge in [0.1, 0.15) is 17.3 Å². The van der Waals surface area contributed by atoms with Crippen molar-refractivity contribution in [3.63, 3.8) is 0 Å². The van der Waals surface area contributed by atoms with Gasteiger partial charge in [0, 0.05) is 5.56 Å². The fourth-order valence-electron chi connectivity index (χ4n) is 4.01. The largest absolute Gasteiger partial charge is 0.507 e. The molecule has 6 nitrogen and oxygen atoms in total.